The molecule has 0 aliphatic heterocycles. The van der Waals surface area contributed by atoms with Crippen molar-refractivity contribution in [3.8, 4) is 5.75 Å². The van der Waals surface area contributed by atoms with Crippen LogP contribution in [0.4, 0.5) is 17.1 Å². The van der Waals surface area contributed by atoms with E-state index in [1.165, 1.54) is 19.2 Å². The van der Waals surface area contributed by atoms with Crippen LogP contribution in [0.3, 0.4) is 0 Å². The van der Waals surface area contributed by atoms with Crippen LogP contribution in [-0.4, -0.2) is 12.0 Å². The SMILES string of the molecule is COc1ccc(N=NNc2ccccc2Cl)c([N+](=O)[O-])c1. The normalized spacial score (nSPS) is 10.6. The van der Waals surface area contributed by atoms with Crippen LogP contribution in [-0.2, 0) is 0 Å². The minimum atomic E-state index is -0.549. The zero-order valence-corrected chi connectivity index (χ0v) is 11.7. The van der Waals surface area contributed by atoms with Gasteiger partial charge >= 0.3 is 0 Å². The fourth-order valence-electron chi connectivity index (χ4n) is 1.55. The fourth-order valence-corrected chi connectivity index (χ4v) is 1.72. The molecule has 21 heavy (non-hydrogen) atoms. The molecule has 0 spiro atoms. The number of hydrogen-bond acceptors (Lipinski definition) is 5. The number of benzene rings is 2. The highest BCUT2D eigenvalue weighted by Gasteiger charge is 2.14. The lowest BCUT2D eigenvalue weighted by atomic mass is 10.2. The number of anilines is 1. The quantitative estimate of drug-likeness (QED) is 0.504. The highest BCUT2D eigenvalue weighted by molar-refractivity contribution is 6.33. The van der Waals surface area contributed by atoms with Crippen molar-refractivity contribution >= 4 is 28.7 Å². The van der Waals surface area contributed by atoms with Crippen LogP contribution in [0.5, 0.6) is 5.75 Å². The van der Waals surface area contributed by atoms with Gasteiger partial charge < -0.3 is 4.74 Å². The van der Waals surface area contributed by atoms with Crippen LogP contribution in [0.1, 0.15) is 0 Å². The fraction of sp³-hybridized carbons (Fsp3) is 0.0769. The Kier molecular flexibility index (Phi) is 4.68. The van der Waals surface area contributed by atoms with Crippen LogP contribution in [0.25, 0.3) is 0 Å². The van der Waals surface area contributed by atoms with E-state index < -0.39 is 4.92 Å². The monoisotopic (exact) mass is 306 g/mol. The van der Waals surface area contributed by atoms with Crippen molar-refractivity contribution in [1.29, 1.82) is 0 Å². The maximum Gasteiger partial charge on any atom is 0.300 e. The Morgan fingerprint density at radius 3 is 2.71 bits per heavy atom. The summed E-state index contributed by atoms with van der Waals surface area (Å²) in [6.45, 7) is 0. The third kappa shape index (κ3) is 3.67. The molecule has 7 nitrogen and oxygen atoms in total. The predicted molar refractivity (Wildman–Crippen MR) is 79.2 cm³/mol. The van der Waals surface area contributed by atoms with Crippen LogP contribution < -0.4 is 10.2 Å². The first-order chi connectivity index (χ1) is 10.1. The van der Waals surface area contributed by atoms with Crippen LogP contribution in [0.15, 0.2) is 52.8 Å². The topological polar surface area (TPSA) is 89.1 Å². The third-order valence-corrected chi connectivity index (χ3v) is 2.91. The molecule has 0 aliphatic carbocycles. The van der Waals surface area contributed by atoms with E-state index in [9.17, 15) is 10.1 Å². The molecule has 0 atom stereocenters. The van der Waals surface area contributed by atoms with Crippen molar-refractivity contribution < 1.29 is 9.66 Å². The minimum Gasteiger partial charge on any atom is -0.496 e. The van der Waals surface area contributed by atoms with Crippen molar-refractivity contribution in [3.63, 3.8) is 0 Å². The summed E-state index contributed by atoms with van der Waals surface area (Å²) in [5, 5.41) is 19.0. The number of nitrogens with zero attached hydrogens (tertiary/aromatic N) is 3. The molecule has 1 N–H and O–H groups in total. The number of nitro groups is 1. The number of halogens is 1. The van der Waals surface area contributed by atoms with E-state index in [-0.39, 0.29) is 11.4 Å². The van der Waals surface area contributed by atoms with Crippen molar-refractivity contribution in [1.82, 2.24) is 0 Å². The number of hydrogen-bond donors (Lipinski definition) is 1. The first kappa shape index (κ1) is 14.7. The molecular formula is C13H11ClN4O3. The third-order valence-electron chi connectivity index (χ3n) is 2.58. The van der Waals surface area contributed by atoms with Gasteiger partial charge in [0.2, 0.25) is 0 Å². The smallest absolute Gasteiger partial charge is 0.300 e. The Bertz CT molecular complexity index is 691. The van der Waals surface area contributed by atoms with E-state index >= 15 is 0 Å². The molecule has 0 aromatic heterocycles. The Morgan fingerprint density at radius 2 is 2.05 bits per heavy atom. The number of rotatable bonds is 5. The Hall–Kier alpha value is -2.67. The highest BCUT2D eigenvalue weighted by Crippen LogP contribution is 2.31. The van der Waals surface area contributed by atoms with E-state index in [1.54, 1.807) is 30.3 Å². The molecule has 0 amide bonds. The lowest BCUT2D eigenvalue weighted by Crippen LogP contribution is -1.91. The second kappa shape index (κ2) is 6.67. The molecule has 0 bridgehead atoms. The van der Waals surface area contributed by atoms with Crippen LogP contribution in [0.2, 0.25) is 5.02 Å². The van der Waals surface area contributed by atoms with Gasteiger partial charge in [0.1, 0.15) is 5.75 Å². The first-order valence-electron chi connectivity index (χ1n) is 5.85. The summed E-state index contributed by atoms with van der Waals surface area (Å²) >= 11 is 5.94. The summed E-state index contributed by atoms with van der Waals surface area (Å²) in [4.78, 5) is 10.4. The van der Waals surface area contributed by atoms with Gasteiger partial charge in [-0.2, -0.15) is 0 Å². The number of para-hydroxylation sites is 1. The second-order valence-electron chi connectivity index (χ2n) is 3.90. The molecule has 0 saturated carbocycles. The number of nitro benzene ring substituents is 1. The number of methoxy groups -OCH3 is 1. The van der Waals surface area contributed by atoms with Gasteiger partial charge in [-0.05, 0) is 24.3 Å². The minimum absolute atomic E-state index is 0.111. The van der Waals surface area contributed by atoms with Gasteiger partial charge in [0.05, 0.1) is 28.8 Å². The van der Waals surface area contributed by atoms with E-state index in [0.29, 0.717) is 16.5 Å². The molecule has 108 valence electrons. The average Bonchev–Trinajstić information content (AvgIpc) is 2.49. The number of nitrogens with one attached hydrogen (secondary N) is 1. The zero-order valence-electron chi connectivity index (χ0n) is 11.0. The van der Waals surface area contributed by atoms with Gasteiger partial charge in [-0.15, -0.1) is 5.11 Å². The van der Waals surface area contributed by atoms with Gasteiger partial charge in [0, 0.05) is 0 Å². The van der Waals surface area contributed by atoms with Gasteiger partial charge in [-0.3, -0.25) is 15.5 Å². The van der Waals surface area contributed by atoms with Gasteiger partial charge in [-0.1, -0.05) is 29.0 Å². The van der Waals surface area contributed by atoms with E-state index in [4.69, 9.17) is 16.3 Å². The summed E-state index contributed by atoms with van der Waals surface area (Å²) in [5.41, 5.74) is 3.10. The largest absolute Gasteiger partial charge is 0.496 e. The summed E-state index contributed by atoms with van der Waals surface area (Å²) in [6.07, 6.45) is 0. The molecule has 2 aromatic carbocycles. The van der Waals surface area contributed by atoms with E-state index in [0.717, 1.165) is 0 Å². The molecule has 0 heterocycles. The van der Waals surface area contributed by atoms with Crippen molar-refractivity contribution in [2.24, 2.45) is 10.3 Å². The lowest BCUT2D eigenvalue weighted by Gasteiger charge is -2.02. The summed E-state index contributed by atoms with van der Waals surface area (Å²) in [6, 6.07) is 11.3. The van der Waals surface area contributed by atoms with Crippen LogP contribution >= 0.6 is 11.6 Å². The maximum atomic E-state index is 11.0. The Morgan fingerprint density at radius 1 is 1.29 bits per heavy atom. The highest BCUT2D eigenvalue weighted by atomic mass is 35.5. The van der Waals surface area contributed by atoms with Crippen molar-refractivity contribution in [2.45, 2.75) is 0 Å². The maximum absolute atomic E-state index is 11.0. The summed E-state index contributed by atoms with van der Waals surface area (Å²) < 4.78 is 4.94. The van der Waals surface area contributed by atoms with Crippen molar-refractivity contribution in [3.05, 3.63) is 57.6 Å². The molecule has 0 radical (unpaired) electrons. The average molecular weight is 307 g/mol. The van der Waals surface area contributed by atoms with Gasteiger partial charge in [0.15, 0.2) is 5.69 Å². The summed E-state index contributed by atoms with van der Waals surface area (Å²) in [7, 11) is 1.43. The van der Waals surface area contributed by atoms with Gasteiger partial charge in [-0.25, -0.2) is 0 Å². The Balaban J connectivity index is 2.21. The Labute approximate surface area is 125 Å². The summed E-state index contributed by atoms with van der Waals surface area (Å²) in [5.74, 6) is 0.375. The van der Waals surface area contributed by atoms with E-state index in [2.05, 4.69) is 15.8 Å². The molecule has 0 saturated heterocycles. The molecule has 8 heteroatoms. The van der Waals surface area contributed by atoms with Crippen LogP contribution in [0, 0.1) is 10.1 Å². The molecule has 0 fully saturated rings. The van der Waals surface area contributed by atoms with Gasteiger partial charge in [0.25, 0.3) is 5.69 Å². The van der Waals surface area contributed by atoms with Crippen molar-refractivity contribution in [2.75, 3.05) is 12.5 Å². The standard InChI is InChI=1S/C13H11ClN4O3/c1-21-9-6-7-12(13(8-9)18(19)20)16-17-15-11-5-3-2-4-10(11)14/h2-8H,1H3,(H,15,16). The molecule has 2 aromatic rings. The molecule has 2 rings (SSSR count). The second-order valence-corrected chi connectivity index (χ2v) is 4.31. The first-order valence-corrected chi connectivity index (χ1v) is 6.23. The molecular weight excluding hydrogens is 296 g/mol. The predicted octanol–water partition coefficient (Wildman–Crippen LogP) is 4.37. The van der Waals surface area contributed by atoms with E-state index in [1.807, 2.05) is 0 Å². The zero-order chi connectivity index (χ0) is 15.2. The lowest BCUT2D eigenvalue weighted by molar-refractivity contribution is -0.384. The molecule has 0 unspecified atom stereocenters. The number of ether oxygens (including phenoxy) is 1. The molecule has 0 aliphatic rings.